The second kappa shape index (κ2) is 8.47. The molecule has 0 fully saturated rings. The third-order valence-electron chi connectivity index (χ3n) is 4.40. The number of hydrogen-bond acceptors (Lipinski definition) is 3. The molecule has 6 heteroatoms. The first-order chi connectivity index (χ1) is 12.2. The van der Waals surface area contributed by atoms with Crippen LogP contribution < -0.4 is 5.32 Å². The molecule has 1 N–H and O–H groups in total. The second-order valence-corrected chi connectivity index (χ2v) is 8.63. The Bertz CT molecular complexity index is 864. The number of aryl methyl sites for hydroxylation is 2. The molecule has 0 bridgehead atoms. The number of sulfonamides is 1. The van der Waals surface area contributed by atoms with Gasteiger partial charge in [-0.3, -0.25) is 4.79 Å². The zero-order chi connectivity index (χ0) is 19.3. The Balaban J connectivity index is 2.05. The van der Waals surface area contributed by atoms with E-state index in [1.807, 2.05) is 69.3 Å². The minimum atomic E-state index is -3.50. The fraction of sp³-hybridized carbons (Fsp3) is 0.350. The van der Waals surface area contributed by atoms with E-state index in [1.54, 1.807) is 0 Å². The summed E-state index contributed by atoms with van der Waals surface area (Å²) >= 11 is 0. The molecule has 0 radical (unpaired) electrons. The Kier molecular flexibility index (Phi) is 6.56. The van der Waals surface area contributed by atoms with Crippen LogP contribution in [0.25, 0.3) is 0 Å². The molecule has 2 aromatic carbocycles. The average Bonchev–Trinajstić information content (AvgIpc) is 2.56. The maximum atomic E-state index is 12.4. The van der Waals surface area contributed by atoms with Gasteiger partial charge in [-0.2, -0.15) is 4.31 Å². The van der Waals surface area contributed by atoms with Crippen LogP contribution in [0.1, 0.15) is 35.2 Å². The summed E-state index contributed by atoms with van der Waals surface area (Å²) in [5.74, 6) is -0.322. The predicted octanol–water partition coefficient (Wildman–Crippen LogP) is 2.94. The lowest BCUT2D eigenvalue weighted by atomic mass is 10.0. The van der Waals surface area contributed by atoms with Crippen LogP contribution in [-0.2, 0) is 21.4 Å². The Labute approximate surface area is 156 Å². The quantitative estimate of drug-likeness (QED) is 0.810. The van der Waals surface area contributed by atoms with E-state index in [2.05, 4.69) is 5.32 Å². The Morgan fingerprint density at radius 3 is 2.31 bits per heavy atom. The van der Waals surface area contributed by atoms with Crippen molar-refractivity contribution < 1.29 is 13.2 Å². The van der Waals surface area contributed by atoms with Crippen molar-refractivity contribution >= 4 is 15.9 Å². The van der Waals surface area contributed by atoms with Crippen molar-refractivity contribution in [3.63, 3.8) is 0 Å². The van der Waals surface area contributed by atoms with Gasteiger partial charge in [-0.05, 0) is 43.0 Å². The van der Waals surface area contributed by atoms with Crippen LogP contribution in [0.2, 0.25) is 0 Å². The SMILES string of the molecule is Cc1ccc([C@@H](C)NC(=O)CN(Cc2ccccc2)S(C)(=O)=O)cc1C. The van der Waals surface area contributed by atoms with E-state index < -0.39 is 10.0 Å². The summed E-state index contributed by atoms with van der Waals surface area (Å²) < 4.78 is 25.3. The van der Waals surface area contributed by atoms with Crippen LogP contribution in [0.4, 0.5) is 0 Å². The first-order valence-corrected chi connectivity index (χ1v) is 10.4. The largest absolute Gasteiger partial charge is 0.348 e. The van der Waals surface area contributed by atoms with Gasteiger partial charge in [0.1, 0.15) is 0 Å². The molecule has 5 nitrogen and oxygen atoms in total. The van der Waals surface area contributed by atoms with Crippen molar-refractivity contribution in [2.75, 3.05) is 12.8 Å². The molecule has 2 rings (SSSR count). The molecule has 0 aliphatic carbocycles. The number of benzene rings is 2. The van der Waals surface area contributed by atoms with Crippen molar-refractivity contribution in [3.8, 4) is 0 Å². The normalized spacial score (nSPS) is 12.8. The van der Waals surface area contributed by atoms with Crippen LogP contribution in [0.5, 0.6) is 0 Å². The smallest absolute Gasteiger partial charge is 0.235 e. The molecule has 0 saturated carbocycles. The van der Waals surface area contributed by atoms with Gasteiger partial charge in [-0.15, -0.1) is 0 Å². The number of carbonyl (C=O) groups excluding carboxylic acids is 1. The van der Waals surface area contributed by atoms with Crippen molar-refractivity contribution in [3.05, 3.63) is 70.8 Å². The van der Waals surface area contributed by atoms with Gasteiger partial charge in [-0.25, -0.2) is 8.42 Å². The van der Waals surface area contributed by atoms with Gasteiger partial charge in [-0.1, -0.05) is 48.5 Å². The van der Waals surface area contributed by atoms with E-state index in [0.717, 1.165) is 22.9 Å². The lowest BCUT2D eigenvalue weighted by Gasteiger charge is -2.21. The van der Waals surface area contributed by atoms with E-state index in [4.69, 9.17) is 0 Å². The van der Waals surface area contributed by atoms with E-state index in [1.165, 1.54) is 9.87 Å². The maximum absolute atomic E-state index is 12.4. The molecule has 0 spiro atoms. The van der Waals surface area contributed by atoms with Gasteiger partial charge in [0, 0.05) is 6.54 Å². The van der Waals surface area contributed by atoms with Crippen LogP contribution in [-0.4, -0.2) is 31.4 Å². The maximum Gasteiger partial charge on any atom is 0.235 e. The molecule has 26 heavy (non-hydrogen) atoms. The molecule has 0 heterocycles. The minimum absolute atomic E-state index is 0.172. The van der Waals surface area contributed by atoms with Crippen molar-refractivity contribution in [1.82, 2.24) is 9.62 Å². The van der Waals surface area contributed by atoms with Gasteiger partial charge in [0.05, 0.1) is 18.8 Å². The molecule has 0 aliphatic heterocycles. The van der Waals surface area contributed by atoms with Gasteiger partial charge in [0.25, 0.3) is 0 Å². The van der Waals surface area contributed by atoms with Gasteiger partial charge >= 0.3 is 0 Å². The summed E-state index contributed by atoms with van der Waals surface area (Å²) in [6, 6.07) is 15.1. The van der Waals surface area contributed by atoms with E-state index in [0.29, 0.717) is 0 Å². The monoisotopic (exact) mass is 374 g/mol. The van der Waals surface area contributed by atoms with Gasteiger partial charge < -0.3 is 5.32 Å². The minimum Gasteiger partial charge on any atom is -0.348 e. The summed E-state index contributed by atoms with van der Waals surface area (Å²) in [4.78, 5) is 12.4. The topological polar surface area (TPSA) is 66.5 Å². The van der Waals surface area contributed by atoms with Crippen LogP contribution >= 0.6 is 0 Å². The van der Waals surface area contributed by atoms with Crippen LogP contribution in [0.3, 0.4) is 0 Å². The fourth-order valence-corrected chi connectivity index (χ4v) is 3.38. The molecular weight excluding hydrogens is 348 g/mol. The summed E-state index contributed by atoms with van der Waals surface area (Å²) in [6.07, 6.45) is 1.12. The standard InChI is InChI=1S/C20H26N2O3S/c1-15-10-11-19(12-16(15)2)17(3)21-20(23)14-22(26(4,24)25)13-18-8-6-5-7-9-18/h5-12,17H,13-14H2,1-4H3,(H,21,23)/t17-/m1/s1. The zero-order valence-electron chi connectivity index (χ0n) is 15.7. The van der Waals surface area contributed by atoms with Crippen molar-refractivity contribution in [2.45, 2.75) is 33.4 Å². The highest BCUT2D eigenvalue weighted by atomic mass is 32.2. The molecule has 1 amide bonds. The Morgan fingerprint density at radius 2 is 1.73 bits per heavy atom. The van der Waals surface area contributed by atoms with Crippen molar-refractivity contribution in [1.29, 1.82) is 0 Å². The summed E-state index contributed by atoms with van der Waals surface area (Å²) in [7, 11) is -3.50. The molecule has 0 unspecified atom stereocenters. The first kappa shape index (κ1) is 20.1. The van der Waals surface area contributed by atoms with E-state index in [9.17, 15) is 13.2 Å². The molecule has 0 saturated heterocycles. The Morgan fingerprint density at radius 1 is 1.08 bits per heavy atom. The average molecular weight is 375 g/mol. The molecule has 0 aliphatic rings. The fourth-order valence-electron chi connectivity index (χ4n) is 2.64. The number of amides is 1. The van der Waals surface area contributed by atoms with Gasteiger partial charge in [0.15, 0.2) is 0 Å². The van der Waals surface area contributed by atoms with Crippen LogP contribution in [0, 0.1) is 13.8 Å². The molecular formula is C20H26N2O3S. The zero-order valence-corrected chi connectivity index (χ0v) is 16.5. The predicted molar refractivity (Wildman–Crippen MR) is 104 cm³/mol. The number of nitrogens with one attached hydrogen (secondary N) is 1. The van der Waals surface area contributed by atoms with Crippen LogP contribution in [0.15, 0.2) is 48.5 Å². The summed E-state index contributed by atoms with van der Waals surface area (Å²) in [6.45, 7) is 5.92. The first-order valence-electron chi connectivity index (χ1n) is 8.52. The van der Waals surface area contributed by atoms with Crippen molar-refractivity contribution in [2.24, 2.45) is 0 Å². The third kappa shape index (κ3) is 5.68. The lowest BCUT2D eigenvalue weighted by molar-refractivity contribution is -0.122. The third-order valence-corrected chi connectivity index (χ3v) is 5.60. The molecule has 2 aromatic rings. The number of nitrogens with zero attached hydrogens (tertiary/aromatic N) is 1. The summed E-state index contributed by atoms with van der Waals surface area (Å²) in [5.41, 5.74) is 4.19. The summed E-state index contributed by atoms with van der Waals surface area (Å²) in [5, 5.41) is 2.89. The highest BCUT2D eigenvalue weighted by molar-refractivity contribution is 7.88. The molecule has 0 aromatic heterocycles. The van der Waals surface area contributed by atoms with Gasteiger partial charge in [0.2, 0.25) is 15.9 Å². The highest BCUT2D eigenvalue weighted by Gasteiger charge is 2.21. The van der Waals surface area contributed by atoms with E-state index >= 15 is 0 Å². The van der Waals surface area contributed by atoms with E-state index in [-0.39, 0.29) is 25.0 Å². The highest BCUT2D eigenvalue weighted by Crippen LogP contribution is 2.17. The lowest BCUT2D eigenvalue weighted by Crippen LogP contribution is -2.40. The number of rotatable bonds is 7. The molecule has 140 valence electrons. The Hall–Kier alpha value is -2.18. The number of carbonyl (C=O) groups is 1. The second-order valence-electron chi connectivity index (χ2n) is 6.65. The molecule has 1 atom stereocenters. The number of hydrogen-bond donors (Lipinski definition) is 1.